The third kappa shape index (κ3) is 1.78. The van der Waals surface area contributed by atoms with E-state index < -0.39 is 5.97 Å². The molecule has 1 rings (SSSR count). The van der Waals surface area contributed by atoms with Gasteiger partial charge in [-0.25, -0.2) is 4.79 Å². The molecule has 0 amide bonds. The Balaban J connectivity index is 2.76. The average Bonchev–Trinajstić information content (AvgIpc) is 2.17. The molecule has 0 aromatic rings. The summed E-state index contributed by atoms with van der Waals surface area (Å²) in [5.74, 6) is -0.741. The second kappa shape index (κ2) is 3.80. The van der Waals surface area contributed by atoms with E-state index in [1.54, 1.807) is 6.21 Å². The van der Waals surface area contributed by atoms with Crippen LogP contribution in [0.3, 0.4) is 0 Å². The minimum absolute atomic E-state index is 0.209. The molecule has 64 valence electrons. The number of esters is 1. The van der Waals surface area contributed by atoms with E-state index in [9.17, 15) is 9.59 Å². The molecule has 12 heavy (non-hydrogen) atoms. The Hall–Kier alpha value is -1.45. The van der Waals surface area contributed by atoms with E-state index >= 15 is 0 Å². The van der Waals surface area contributed by atoms with Crippen molar-refractivity contribution < 1.29 is 14.3 Å². The summed E-state index contributed by atoms with van der Waals surface area (Å²) in [4.78, 5) is 25.1. The average molecular weight is 167 g/mol. The highest BCUT2D eigenvalue weighted by Gasteiger charge is 2.14. The van der Waals surface area contributed by atoms with Gasteiger partial charge in [0.2, 0.25) is 0 Å². The molecule has 1 aliphatic heterocycles. The summed E-state index contributed by atoms with van der Waals surface area (Å²) in [7, 11) is 1.28. The van der Waals surface area contributed by atoms with Crippen LogP contribution in [0, 0.1) is 5.92 Å². The normalized spacial score (nSPS) is 21.4. The number of allylic oxidation sites excluding steroid dienone is 1. The van der Waals surface area contributed by atoms with Crippen LogP contribution >= 0.6 is 0 Å². The molecule has 0 fully saturated rings. The summed E-state index contributed by atoms with van der Waals surface area (Å²) in [6.07, 6.45) is 4.41. The Bertz CT molecular complexity index is 255. The molecular weight excluding hydrogens is 158 g/mol. The molecule has 0 aliphatic carbocycles. The van der Waals surface area contributed by atoms with Crippen molar-refractivity contribution in [3.63, 3.8) is 0 Å². The van der Waals surface area contributed by atoms with Crippen molar-refractivity contribution in [3.8, 4) is 0 Å². The second-order valence-electron chi connectivity index (χ2n) is 2.39. The summed E-state index contributed by atoms with van der Waals surface area (Å²) >= 11 is 0. The largest absolute Gasteiger partial charge is 0.464 e. The number of nitrogens with zero attached hydrogens (tertiary/aromatic N) is 1. The van der Waals surface area contributed by atoms with Gasteiger partial charge in [0.25, 0.3) is 0 Å². The number of carbonyl (C=O) groups excluding carboxylic acids is 2. The second-order valence-corrected chi connectivity index (χ2v) is 2.39. The lowest BCUT2D eigenvalue weighted by Gasteiger charge is -2.07. The monoisotopic (exact) mass is 167 g/mol. The first-order valence-electron chi connectivity index (χ1n) is 3.56. The van der Waals surface area contributed by atoms with Gasteiger partial charge >= 0.3 is 5.97 Å². The molecule has 1 atom stereocenters. The number of carbonyl (C=O) groups is 2. The van der Waals surface area contributed by atoms with Crippen LogP contribution in [0.5, 0.6) is 0 Å². The zero-order valence-corrected chi connectivity index (χ0v) is 6.69. The molecule has 4 heteroatoms. The van der Waals surface area contributed by atoms with Crippen LogP contribution in [0.25, 0.3) is 0 Å². The molecule has 0 N–H and O–H groups in total. The molecular formula is C8H9NO3. The highest BCUT2D eigenvalue weighted by Crippen LogP contribution is 2.12. The van der Waals surface area contributed by atoms with Crippen molar-refractivity contribution in [2.45, 2.75) is 6.42 Å². The van der Waals surface area contributed by atoms with Crippen LogP contribution in [-0.2, 0) is 14.3 Å². The molecule has 1 aliphatic rings. The Morgan fingerprint density at radius 3 is 3.17 bits per heavy atom. The van der Waals surface area contributed by atoms with Crippen molar-refractivity contribution >= 4 is 18.5 Å². The molecule has 0 saturated carbocycles. The number of aliphatic imine (C=N–C) groups is 1. The number of rotatable bonds is 2. The number of hydrogen-bond acceptors (Lipinski definition) is 4. The quantitative estimate of drug-likeness (QED) is 0.440. The lowest BCUT2D eigenvalue weighted by atomic mass is 10.0. The maximum atomic E-state index is 10.9. The number of aldehydes is 1. The van der Waals surface area contributed by atoms with Crippen LogP contribution in [0.2, 0.25) is 0 Å². The standard InChI is InChI=1S/C8H9NO3/c1-12-8(11)7-4-6(5-10)2-3-9-7/h3-6H,2H2,1H3. The zero-order chi connectivity index (χ0) is 8.97. The molecule has 0 spiro atoms. The van der Waals surface area contributed by atoms with Gasteiger partial charge in [0.15, 0.2) is 0 Å². The van der Waals surface area contributed by atoms with Crippen LogP contribution in [0.15, 0.2) is 16.8 Å². The number of ether oxygens (including phenoxy) is 1. The van der Waals surface area contributed by atoms with Gasteiger partial charge in [-0.1, -0.05) is 0 Å². The van der Waals surface area contributed by atoms with E-state index in [1.165, 1.54) is 13.2 Å². The Morgan fingerprint density at radius 2 is 2.58 bits per heavy atom. The van der Waals surface area contributed by atoms with Gasteiger partial charge in [-0.05, 0) is 12.5 Å². The fourth-order valence-electron chi connectivity index (χ4n) is 0.907. The van der Waals surface area contributed by atoms with Crippen LogP contribution in [0.4, 0.5) is 0 Å². The van der Waals surface area contributed by atoms with Gasteiger partial charge in [-0.3, -0.25) is 4.99 Å². The molecule has 1 unspecified atom stereocenters. The van der Waals surface area contributed by atoms with Gasteiger partial charge < -0.3 is 9.53 Å². The van der Waals surface area contributed by atoms with Crippen LogP contribution in [-0.4, -0.2) is 25.6 Å². The van der Waals surface area contributed by atoms with Crippen molar-refractivity contribution in [1.29, 1.82) is 0 Å². The minimum atomic E-state index is -0.502. The van der Waals surface area contributed by atoms with E-state index in [1.807, 2.05) is 0 Å². The summed E-state index contributed by atoms with van der Waals surface area (Å²) in [6.45, 7) is 0. The van der Waals surface area contributed by atoms with E-state index in [0.29, 0.717) is 6.42 Å². The van der Waals surface area contributed by atoms with Gasteiger partial charge in [-0.15, -0.1) is 0 Å². The molecule has 4 nitrogen and oxygen atoms in total. The van der Waals surface area contributed by atoms with Crippen molar-refractivity contribution in [2.24, 2.45) is 10.9 Å². The first-order valence-corrected chi connectivity index (χ1v) is 3.56. The predicted molar refractivity (Wildman–Crippen MR) is 42.8 cm³/mol. The fourth-order valence-corrected chi connectivity index (χ4v) is 0.907. The third-order valence-electron chi connectivity index (χ3n) is 1.55. The summed E-state index contributed by atoms with van der Waals surface area (Å²) in [5.41, 5.74) is 0.209. The fraction of sp³-hybridized carbons (Fsp3) is 0.375. The molecule has 0 saturated heterocycles. The molecule has 0 aromatic carbocycles. The van der Waals surface area contributed by atoms with E-state index in [2.05, 4.69) is 9.73 Å². The Morgan fingerprint density at radius 1 is 1.83 bits per heavy atom. The van der Waals surface area contributed by atoms with Gasteiger partial charge in [0.1, 0.15) is 12.0 Å². The summed E-state index contributed by atoms with van der Waals surface area (Å²) in [6, 6.07) is 0. The highest BCUT2D eigenvalue weighted by molar-refractivity contribution is 5.91. The van der Waals surface area contributed by atoms with E-state index in [4.69, 9.17) is 0 Å². The molecule has 1 heterocycles. The smallest absolute Gasteiger partial charge is 0.356 e. The van der Waals surface area contributed by atoms with Crippen molar-refractivity contribution in [3.05, 3.63) is 11.8 Å². The topological polar surface area (TPSA) is 55.7 Å². The molecule has 0 aromatic heterocycles. The third-order valence-corrected chi connectivity index (χ3v) is 1.55. The zero-order valence-electron chi connectivity index (χ0n) is 6.69. The number of hydrogen-bond donors (Lipinski definition) is 0. The predicted octanol–water partition coefficient (Wildman–Crippen LogP) is 0.333. The first-order chi connectivity index (χ1) is 5.77. The summed E-state index contributed by atoms with van der Waals surface area (Å²) < 4.78 is 4.45. The van der Waals surface area contributed by atoms with Crippen LogP contribution < -0.4 is 0 Å². The first kappa shape index (κ1) is 8.64. The molecule has 0 bridgehead atoms. The maximum Gasteiger partial charge on any atom is 0.356 e. The van der Waals surface area contributed by atoms with Crippen molar-refractivity contribution in [1.82, 2.24) is 0 Å². The van der Waals surface area contributed by atoms with E-state index in [0.717, 1.165) is 6.29 Å². The van der Waals surface area contributed by atoms with E-state index in [-0.39, 0.29) is 11.6 Å². The Kier molecular flexibility index (Phi) is 2.74. The minimum Gasteiger partial charge on any atom is -0.464 e. The summed E-state index contributed by atoms with van der Waals surface area (Å²) in [5, 5.41) is 0. The van der Waals surface area contributed by atoms with Crippen molar-refractivity contribution in [2.75, 3.05) is 7.11 Å². The lowest BCUT2D eigenvalue weighted by molar-refractivity contribution is -0.136. The van der Waals surface area contributed by atoms with Gasteiger partial charge in [-0.2, -0.15) is 0 Å². The molecule has 0 radical (unpaired) electrons. The highest BCUT2D eigenvalue weighted by atomic mass is 16.5. The maximum absolute atomic E-state index is 10.9. The lowest BCUT2D eigenvalue weighted by Crippen LogP contribution is -2.11. The number of methoxy groups -OCH3 is 1. The SMILES string of the molecule is COC(=O)C1=CC(C=O)CC=N1. The van der Waals surface area contributed by atoms with Gasteiger partial charge in [0.05, 0.1) is 7.11 Å². The van der Waals surface area contributed by atoms with Crippen LogP contribution in [0.1, 0.15) is 6.42 Å². The van der Waals surface area contributed by atoms with Gasteiger partial charge in [0, 0.05) is 12.1 Å². The Labute approximate surface area is 69.9 Å².